The number of carboxylic acids is 1. The van der Waals surface area contributed by atoms with Gasteiger partial charge in [-0.05, 0) is 17.7 Å². The lowest BCUT2D eigenvalue weighted by Crippen LogP contribution is -2.02. The summed E-state index contributed by atoms with van der Waals surface area (Å²) in [5.74, 6) is -0.955. The summed E-state index contributed by atoms with van der Waals surface area (Å²) in [7, 11) is 0. The van der Waals surface area contributed by atoms with Crippen LogP contribution in [0.25, 0.3) is 0 Å². The van der Waals surface area contributed by atoms with Gasteiger partial charge in [-0.2, -0.15) is 5.26 Å². The smallest absolute Gasteiger partial charge is 0.337 e. The second-order valence-electron chi connectivity index (χ2n) is 2.59. The van der Waals surface area contributed by atoms with Crippen LogP contribution < -0.4 is 0 Å². The predicted octanol–water partition coefficient (Wildman–Crippen LogP) is 2.28. The number of aromatic carboxylic acids is 1. The second-order valence-corrected chi connectivity index (χ2v) is 3.34. The van der Waals surface area contributed by atoms with Gasteiger partial charge in [0.25, 0.3) is 0 Å². The number of nitriles is 1. The van der Waals surface area contributed by atoms with Crippen LogP contribution in [0.5, 0.6) is 0 Å². The number of benzene rings is 1. The highest BCUT2D eigenvalue weighted by Gasteiger charge is 2.13. The van der Waals surface area contributed by atoms with Crippen molar-refractivity contribution in [1.29, 1.82) is 5.26 Å². The number of thiol groups is 1. The van der Waals surface area contributed by atoms with Crippen molar-refractivity contribution in [3.8, 4) is 6.07 Å². The van der Waals surface area contributed by atoms with E-state index in [1.807, 2.05) is 0 Å². The minimum absolute atomic E-state index is 0.0596. The number of halogens is 1. The summed E-state index contributed by atoms with van der Waals surface area (Å²) in [5.41, 5.74) is 0.637. The van der Waals surface area contributed by atoms with E-state index in [1.165, 1.54) is 6.07 Å². The summed E-state index contributed by atoms with van der Waals surface area (Å²) in [6, 6.07) is 4.76. The van der Waals surface area contributed by atoms with E-state index in [9.17, 15) is 4.79 Å². The van der Waals surface area contributed by atoms with Gasteiger partial charge in [0.2, 0.25) is 0 Å². The van der Waals surface area contributed by atoms with E-state index >= 15 is 0 Å². The van der Waals surface area contributed by atoms with E-state index in [2.05, 4.69) is 12.6 Å². The maximum absolute atomic E-state index is 10.8. The molecule has 0 bridgehead atoms. The first kappa shape index (κ1) is 10.9. The molecule has 1 rings (SSSR count). The molecule has 0 aromatic heterocycles. The average Bonchev–Trinajstić information content (AvgIpc) is 2.16. The Morgan fingerprint density at radius 2 is 2.29 bits per heavy atom. The first-order chi connectivity index (χ1) is 6.60. The number of carboxylic acid groups (broad SMARTS) is 1. The third-order valence-corrected chi connectivity index (χ3v) is 2.34. The number of rotatable bonds is 2. The number of hydrogen-bond donors (Lipinski definition) is 2. The first-order valence-corrected chi connectivity index (χ1v) is 4.63. The standard InChI is InChI=1S/C9H6ClNO2S/c10-3-5-1-6(9(12)13)7(4-11)8(14)2-5/h1-2,14H,3H2,(H,12,13). The lowest BCUT2D eigenvalue weighted by Gasteiger charge is -2.04. The Kier molecular flexibility index (Phi) is 3.39. The van der Waals surface area contributed by atoms with E-state index < -0.39 is 5.97 Å². The van der Waals surface area contributed by atoms with Crippen LogP contribution in [-0.2, 0) is 5.88 Å². The molecule has 0 heterocycles. The van der Waals surface area contributed by atoms with Crippen LogP contribution in [0.4, 0.5) is 0 Å². The maximum Gasteiger partial charge on any atom is 0.337 e. The van der Waals surface area contributed by atoms with Crippen LogP contribution in [0.2, 0.25) is 0 Å². The van der Waals surface area contributed by atoms with Crippen LogP contribution in [0.3, 0.4) is 0 Å². The Morgan fingerprint density at radius 3 is 2.71 bits per heavy atom. The Labute approximate surface area is 91.3 Å². The highest BCUT2D eigenvalue weighted by molar-refractivity contribution is 7.80. The Balaban J connectivity index is 3.45. The lowest BCUT2D eigenvalue weighted by molar-refractivity contribution is 0.0696. The number of hydrogen-bond acceptors (Lipinski definition) is 3. The Morgan fingerprint density at radius 1 is 1.64 bits per heavy atom. The van der Waals surface area contributed by atoms with Gasteiger partial charge in [-0.1, -0.05) is 0 Å². The van der Waals surface area contributed by atoms with Crippen LogP contribution in [0, 0.1) is 11.3 Å². The molecule has 0 fully saturated rings. The van der Waals surface area contributed by atoms with E-state index in [0.29, 0.717) is 10.5 Å². The van der Waals surface area contributed by atoms with Gasteiger partial charge in [0.1, 0.15) is 6.07 Å². The Hall–Kier alpha value is -1.18. The molecule has 0 unspecified atom stereocenters. The molecule has 0 aliphatic rings. The molecule has 0 saturated heterocycles. The molecular formula is C9H6ClNO2S. The summed E-state index contributed by atoms with van der Waals surface area (Å²) in [4.78, 5) is 11.1. The van der Waals surface area contributed by atoms with Gasteiger partial charge in [0, 0.05) is 10.8 Å². The SMILES string of the molecule is N#Cc1c(S)cc(CCl)cc1C(=O)O. The molecule has 14 heavy (non-hydrogen) atoms. The van der Waals surface area contributed by atoms with E-state index in [0.717, 1.165) is 0 Å². The molecule has 0 radical (unpaired) electrons. The molecule has 1 aromatic carbocycles. The molecule has 1 N–H and O–H groups in total. The fraction of sp³-hybridized carbons (Fsp3) is 0.111. The van der Waals surface area contributed by atoms with Crippen molar-refractivity contribution >= 4 is 30.2 Å². The van der Waals surface area contributed by atoms with Crippen molar-refractivity contribution in [3.05, 3.63) is 28.8 Å². The molecule has 0 amide bonds. The molecule has 0 spiro atoms. The number of carbonyl (C=O) groups is 1. The second kappa shape index (κ2) is 4.36. The molecular weight excluding hydrogens is 222 g/mol. The zero-order valence-electron chi connectivity index (χ0n) is 6.99. The monoisotopic (exact) mass is 227 g/mol. The van der Waals surface area contributed by atoms with Gasteiger partial charge >= 0.3 is 5.97 Å². The highest BCUT2D eigenvalue weighted by atomic mass is 35.5. The van der Waals surface area contributed by atoms with Crippen LogP contribution in [-0.4, -0.2) is 11.1 Å². The summed E-state index contributed by atoms with van der Waals surface area (Å²) >= 11 is 9.58. The topological polar surface area (TPSA) is 61.1 Å². The van der Waals surface area contributed by atoms with Crippen LogP contribution in [0.1, 0.15) is 21.5 Å². The fourth-order valence-corrected chi connectivity index (χ4v) is 1.54. The maximum atomic E-state index is 10.8. The zero-order chi connectivity index (χ0) is 10.7. The fourth-order valence-electron chi connectivity index (χ4n) is 1.05. The van der Waals surface area contributed by atoms with Gasteiger partial charge in [-0.25, -0.2) is 4.79 Å². The molecule has 72 valence electrons. The molecule has 5 heteroatoms. The van der Waals surface area contributed by atoms with Crippen molar-refractivity contribution in [3.63, 3.8) is 0 Å². The highest BCUT2D eigenvalue weighted by Crippen LogP contribution is 2.21. The van der Waals surface area contributed by atoms with Gasteiger partial charge < -0.3 is 5.11 Å². The van der Waals surface area contributed by atoms with Crippen molar-refractivity contribution in [2.45, 2.75) is 10.8 Å². The van der Waals surface area contributed by atoms with Crippen molar-refractivity contribution in [2.24, 2.45) is 0 Å². The third kappa shape index (κ3) is 2.00. The van der Waals surface area contributed by atoms with Gasteiger partial charge in [-0.15, -0.1) is 24.2 Å². The molecule has 1 aromatic rings. The lowest BCUT2D eigenvalue weighted by atomic mass is 10.1. The number of nitrogens with zero attached hydrogens (tertiary/aromatic N) is 1. The molecule has 0 saturated carbocycles. The van der Waals surface area contributed by atoms with Crippen molar-refractivity contribution in [2.75, 3.05) is 0 Å². The number of alkyl halides is 1. The molecule has 0 aliphatic carbocycles. The van der Waals surface area contributed by atoms with Gasteiger partial charge in [0.05, 0.1) is 11.1 Å². The largest absolute Gasteiger partial charge is 0.478 e. The zero-order valence-corrected chi connectivity index (χ0v) is 8.64. The normalized spacial score (nSPS) is 9.50. The summed E-state index contributed by atoms with van der Waals surface area (Å²) in [6.07, 6.45) is 0. The summed E-state index contributed by atoms with van der Waals surface area (Å²) < 4.78 is 0. The average molecular weight is 228 g/mol. The van der Waals surface area contributed by atoms with E-state index in [1.54, 1.807) is 12.1 Å². The molecule has 0 atom stereocenters. The van der Waals surface area contributed by atoms with Crippen molar-refractivity contribution in [1.82, 2.24) is 0 Å². The van der Waals surface area contributed by atoms with Gasteiger partial charge in [0.15, 0.2) is 0 Å². The van der Waals surface area contributed by atoms with E-state index in [4.69, 9.17) is 22.0 Å². The van der Waals surface area contributed by atoms with Crippen molar-refractivity contribution < 1.29 is 9.90 Å². The van der Waals surface area contributed by atoms with E-state index in [-0.39, 0.29) is 17.0 Å². The quantitative estimate of drug-likeness (QED) is 0.602. The minimum Gasteiger partial charge on any atom is -0.478 e. The van der Waals surface area contributed by atoms with Gasteiger partial charge in [-0.3, -0.25) is 0 Å². The third-order valence-electron chi connectivity index (χ3n) is 1.67. The predicted molar refractivity (Wildman–Crippen MR) is 54.9 cm³/mol. The molecule has 0 aliphatic heterocycles. The summed E-state index contributed by atoms with van der Waals surface area (Å²) in [6.45, 7) is 0. The summed E-state index contributed by atoms with van der Waals surface area (Å²) in [5, 5.41) is 17.5. The minimum atomic E-state index is -1.15. The Bertz CT molecular complexity index is 426. The molecule has 3 nitrogen and oxygen atoms in total. The first-order valence-electron chi connectivity index (χ1n) is 3.65. The van der Waals surface area contributed by atoms with Crippen LogP contribution in [0.15, 0.2) is 17.0 Å². The van der Waals surface area contributed by atoms with Crippen LogP contribution >= 0.6 is 24.2 Å².